The molecule has 0 aliphatic carbocycles. The minimum Gasteiger partial charge on any atom is -0.462 e. The fraction of sp³-hybridized carbons (Fsp3) is 0.845. The first-order chi connectivity index (χ1) is 38.0. The van der Waals surface area contributed by atoms with Gasteiger partial charge in [-0.1, -0.05) is 339 Å². The average molecular weight is 1080 g/mol. The van der Waals surface area contributed by atoms with Crippen molar-refractivity contribution in [2.45, 2.75) is 374 Å². The van der Waals surface area contributed by atoms with Gasteiger partial charge < -0.3 is 14.2 Å². The molecule has 0 aliphatic rings. The van der Waals surface area contributed by atoms with Crippen LogP contribution in [0.25, 0.3) is 0 Å². The number of carbonyl (C=O) groups excluding carboxylic acids is 3. The molecule has 0 aromatic heterocycles. The Labute approximate surface area is 479 Å². The maximum atomic E-state index is 12.9. The summed E-state index contributed by atoms with van der Waals surface area (Å²) in [6, 6.07) is 0. The number of rotatable bonds is 63. The quantitative estimate of drug-likeness (QED) is 0.0261. The van der Waals surface area contributed by atoms with Gasteiger partial charge in [-0.3, -0.25) is 14.4 Å². The number of esters is 3. The van der Waals surface area contributed by atoms with Crippen LogP contribution in [0, 0.1) is 0 Å². The van der Waals surface area contributed by atoms with Crippen LogP contribution >= 0.6 is 0 Å². The Kier molecular flexibility index (Phi) is 63.6. The molecular formula is C71H130O6. The minimum absolute atomic E-state index is 0.0810. The standard InChI is InChI=1S/C71H130O6/c1-4-7-10-13-16-19-22-25-28-30-32-33-34-35-36-37-39-40-43-46-49-52-55-58-61-64-70(73)76-67-68(66-75-69(72)63-60-57-54-51-48-45-42-27-24-21-18-15-12-9-6-3)77-71(74)65-62-59-56-53-50-47-44-41-38-31-29-26-23-20-17-14-11-8-5-2/h9,12,18,21,27,42,48,51,68H,4-8,10-11,13-17,19-20,22-26,28-41,43-47,49-50,52-67H2,1-3H3/b12-9-,21-18-,42-27-,51-48-. The highest BCUT2D eigenvalue weighted by atomic mass is 16.6. The first-order valence-corrected chi connectivity index (χ1v) is 34.1. The summed E-state index contributed by atoms with van der Waals surface area (Å²) in [5.41, 5.74) is 0. The van der Waals surface area contributed by atoms with Crippen molar-refractivity contribution in [1.29, 1.82) is 0 Å². The third-order valence-electron chi connectivity index (χ3n) is 15.3. The zero-order valence-corrected chi connectivity index (χ0v) is 51.7. The van der Waals surface area contributed by atoms with Crippen molar-refractivity contribution in [1.82, 2.24) is 0 Å². The van der Waals surface area contributed by atoms with Crippen LogP contribution in [0.2, 0.25) is 0 Å². The molecule has 0 saturated heterocycles. The zero-order valence-electron chi connectivity index (χ0n) is 51.7. The van der Waals surface area contributed by atoms with Crippen LogP contribution in [0.3, 0.4) is 0 Å². The molecule has 0 bridgehead atoms. The van der Waals surface area contributed by atoms with Crippen LogP contribution in [0.15, 0.2) is 48.6 Å². The number of hydrogen-bond acceptors (Lipinski definition) is 6. The van der Waals surface area contributed by atoms with Crippen LogP contribution in [-0.4, -0.2) is 37.2 Å². The Bertz CT molecular complexity index is 1330. The molecule has 0 radical (unpaired) electrons. The Hall–Kier alpha value is -2.63. The number of ether oxygens (including phenoxy) is 3. The van der Waals surface area contributed by atoms with Crippen molar-refractivity contribution >= 4 is 17.9 Å². The van der Waals surface area contributed by atoms with E-state index in [1.165, 1.54) is 244 Å². The fourth-order valence-electron chi connectivity index (χ4n) is 10.3. The molecule has 0 amide bonds. The van der Waals surface area contributed by atoms with E-state index in [0.29, 0.717) is 19.3 Å². The highest BCUT2D eigenvalue weighted by Crippen LogP contribution is 2.18. The summed E-state index contributed by atoms with van der Waals surface area (Å²) in [5, 5.41) is 0. The highest BCUT2D eigenvalue weighted by molar-refractivity contribution is 5.71. The minimum atomic E-state index is -0.788. The van der Waals surface area contributed by atoms with Gasteiger partial charge in [0.1, 0.15) is 13.2 Å². The molecule has 1 atom stereocenters. The lowest BCUT2D eigenvalue weighted by Crippen LogP contribution is -2.30. The van der Waals surface area contributed by atoms with E-state index in [9.17, 15) is 14.4 Å². The van der Waals surface area contributed by atoms with Crippen LogP contribution in [-0.2, 0) is 28.6 Å². The first kappa shape index (κ1) is 74.4. The van der Waals surface area contributed by atoms with Crippen molar-refractivity contribution in [3.8, 4) is 0 Å². The maximum Gasteiger partial charge on any atom is 0.306 e. The summed E-state index contributed by atoms with van der Waals surface area (Å²) in [7, 11) is 0. The lowest BCUT2D eigenvalue weighted by atomic mass is 10.0. The Balaban J connectivity index is 4.28. The average Bonchev–Trinajstić information content (AvgIpc) is 3.43. The van der Waals surface area contributed by atoms with Crippen LogP contribution in [0.4, 0.5) is 0 Å². The normalized spacial score (nSPS) is 12.3. The van der Waals surface area contributed by atoms with Crippen molar-refractivity contribution in [3.63, 3.8) is 0 Å². The van der Waals surface area contributed by atoms with Gasteiger partial charge in [0.2, 0.25) is 0 Å². The maximum absolute atomic E-state index is 12.9. The fourth-order valence-corrected chi connectivity index (χ4v) is 10.3. The van der Waals surface area contributed by atoms with Gasteiger partial charge in [0.15, 0.2) is 6.10 Å². The number of hydrogen-bond donors (Lipinski definition) is 0. The third kappa shape index (κ3) is 64.1. The second-order valence-corrected chi connectivity index (χ2v) is 23.1. The molecule has 6 nitrogen and oxygen atoms in total. The molecule has 0 rings (SSSR count). The SMILES string of the molecule is CC/C=C\C/C=C\C/C=C\C/C=C\CCCCC(=O)OCC(COC(=O)CCCCCCCCCCCCCCCCCCCCCCCCCCC)OC(=O)CCCCCCCCCCCCCCCCCCCCC. The Morgan fingerprint density at radius 2 is 0.506 bits per heavy atom. The summed E-state index contributed by atoms with van der Waals surface area (Å²) in [6.07, 6.45) is 82.9. The third-order valence-corrected chi connectivity index (χ3v) is 15.3. The molecule has 6 heteroatoms. The smallest absolute Gasteiger partial charge is 0.306 e. The molecule has 1 unspecified atom stereocenters. The van der Waals surface area contributed by atoms with E-state index >= 15 is 0 Å². The molecule has 0 fully saturated rings. The van der Waals surface area contributed by atoms with Gasteiger partial charge in [-0.15, -0.1) is 0 Å². The number of carbonyl (C=O) groups is 3. The molecule has 0 spiro atoms. The summed E-state index contributed by atoms with van der Waals surface area (Å²) < 4.78 is 16.9. The molecule has 0 heterocycles. The van der Waals surface area contributed by atoms with Crippen molar-refractivity contribution in [2.24, 2.45) is 0 Å². The van der Waals surface area contributed by atoms with Gasteiger partial charge >= 0.3 is 17.9 Å². The second-order valence-electron chi connectivity index (χ2n) is 23.1. The van der Waals surface area contributed by atoms with Gasteiger partial charge in [-0.25, -0.2) is 0 Å². The molecule has 0 N–H and O–H groups in total. The molecule has 450 valence electrons. The highest BCUT2D eigenvalue weighted by Gasteiger charge is 2.19. The molecule has 0 aromatic carbocycles. The van der Waals surface area contributed by atoms with E-state index in [4.69, 9.17) is 14.2 Å². The summed E-state index contributed by atoms with van der Waals surface area (Å²) in [4.78, 5) is 38.4. The molecule has 0 aromatic rings. The first-order valence-electron chi connectivity index (χ1n) is 34.1. The second kappa shape index (κ2) is 65.9. The summed E-state index contributed by atoms with van der Waals surface area (Å²) in [6.45, 7) is 6.56. The van der Waals surface area contributed by atoms with Crippen molar-refractivity contribution < 1.29 is 28.6 Å². The predicted molar refractivity (Wildman–Crippen MR) is 335 cm³/mol. The lowest BCUT2D eigenvalue weighted by Gasteiger charge is -2.18. The molecule has 0 aliphatic heterocycles. The zero-order chi connectivity index (χ0) is 55.7. The van der Waals surface area contributed by atoms with Gasteiger partial charge in [-0.2, -0.15) is 0 Å². The van der Waals surface area contributed by atoms with Gasteiger partial charge in [0.25, 0.3) is 0 Å². The van der Waals surface area contributed by atoms with Gasteiger partial charge in [0, 0.05) is 19.3 Å². The predicted octanol–water partition coefficient (Wildman–Crippen LogP) is 23.3. The van der Waals surface area contributed by atoms with Crippen LogP contribution in [0.1, 0.15) is 367 Å². The van der Waals surface area contributed by atoms with Gasteiger partial charge in [-0.05, 0) is 57.8 Å². The Morgan fingerprint density at radius 1 is 0.273 bits per heavy atom. The van der Waals surface area contributed by atoms with Gasteiger partial charge in [0.05, 0.1) is 0 Å². The van der Waals surface area contributed by atoms with Crippen LogP contribution < -0.4 is 0 Å². The topological polar surface area (TPSA) is 78.9 Å². The monoisotopic (exact) mass is 1080 g/mol. The van der Waals surface area contributed by atoms with E-state index in [2.05, 4.69) is 69.4 Å². The summed E-state index contributed by atoms with van der Waals surface area (Å²) >= 11 is 0. The summed E-state index contributed by atoms with van der Waals surface area (Å²) in [5.74, 6) is -0.898. The lowest BCUT2D eigenvalue weighted by molar-refractivity contribution is -0.167. The number of unbranched alkanes of at least 4 members (excludes halogenated alkanes) is 44. The largest absolute Gasteiger partial charge is 0.462 e. The number of allylic oxidation sites excluding steroid dienone is 8. The molecule has 77 heavy (non-hydrogen) atoms. The van der Waals surface area contributed by atoms with E-state index in [1.807, 2.05) is 0 Å². The van der Waals surface area contributed by atoms with Crippen molar-refractivity contribution in [2.75, 3.05) is 13.2 Å². The van der Waals surface area contributed by atoms with E-state index in [0.717, 1.165) is 83.5 Å². The van der Waals surface area contributed by atoms with E-state index in [1.54, 1.807) is 0 Å². The van der Waals surface area contributed by atoms with E-state index in [-0.39, 0.29) is 31.1 Å². The Morgan fingerprint density at radius 3 is 0.792 bits per heavy atom. The van der Waals surface area contributed by atoms with Crippen LogP contribution in [0.5, 0.6) is 0 Å². The molecule has 0 saturated carbocycles. The van der Waals surface area contributed by atoms with Crippen molar-refractivity contribution in [3.05, 3.63) is 48.6 Å². The van der Waals surface area contributed by atoms with E-state index < -0.39 is 6.10 Å². The molecular weight excluding hydrogens is 949 g/mol.